The number of fused-ring (bicyclic) bond motifs is 3. The van der Waals surface area contributed by atoms with Crippen LogP contribution >= 0.6 is 0 Å². The lowest BCUT2D eigenvalue weighted by Crippen LogP contribution is -2.28. The molecule has 3 nitrogen and oxygen atoms in total. The molecule has 0 bridgehead atoms. The molecule has 0 saturated carbocycles. The summed E-state index contributed by atoms with van der Waals surface area (Å²) in [6, 6.07) is 31.2. The van der Waals surface area contributed by atoms with Gasteiger partial charge in [-0.25, -0.2) is 0 Å². The van der Waals surface area contributed by atoms with Gasteiger partial charge >= 0.3 is 0 Å². The molecule has 0 amide bonds. The van der Waals surface area contributed by atoms with E-state index in [0.29, 0.717) is 0 Å². The van der Waals surface area contributed by atoms with E-state index in [2.05, 4.69) is 60.7 Å². The van der Waals surface area contributed by atoms with E-state index in [9.17, 15) is 0 Å². The number of benzene rings is 4. The summed E-state index contributed by atoms with van der Waals surface area (Å²) < 4.78 is 5.78. The Morgan fingerprint density at radius 3 is 1.76 bits per heavy atom. The molecule has 0 aliphatic heterocycles. The lowest BCUT2D eigenvalue weighted by atomic mass is 9.67. The summed E-state index contributed by atoms with van der Waals surface area (Å²) in [5.74, 6) is 0.878. The second-order valence-corrected chi connectivity index (χ2v) is 7.42. The molecular formula is C26H22N2O. The van der Waals surface area contributed by atoms with E-state index in [1.54, 1.807) is 7.11 Å². The number of anilines is 2. The number of nitrogen functional groups attached to an aromatic ring is 2. The summed E-state index contributed by atoms with van der Waals surface area (Å²) >= 11 is 0. The molecule has 0 heterocycles. The molecule has 4 N–H and O–H groups in total. The van der Waals surface area contributed by atoms with Crippen molar-refractivity contribution in [1.82, 2.24) is 0 Å². The van der Waals surface area contributed by atoms with Crippen LogP contribution in [0.1, 0.15) is 22.3 Å². The van der Waals surface area contributed by atoms with Gasteiger partial charge in [-0.2, -0.15) is 0 Å². The molecule has 0 spiro atoms. The van der Waals surface area contributed by atoms with E-state index >= 15 is 0 Å². The zero-order valence-electron chi connectivity index (χ0n) is 16.2. The standard InChI is InChI=1S/C26H22N2O/c1-29-24-8-4-7-23-25(24)21-5-2-3-6-22(21)26(23,17-9-13-19(27)14-10-17)18-11-15-20(28)16-12-18/h2-16H,27-28H2,1H3. The second-order valence-electron chi connectivity index (χ2n) is 7.42. The normalized spacial score (nSPS) is 13.6. The van der Waals surface area contributed by atoms with Crippen LogP contribution in [0.5, 0.6) is 5.75 Å². The number of ether oxygens (including phenoxy) is 1. The molecule has 5 rings (SSSR count). The van der Waals surface area contributed by atoms with Gasteiger partial charge in [0.2, 0.25) is 0 Å². The van der Waals surface area contributed by atoms with Gasteiger partial charge in [-0.1, -0.05) is 60.7 Å². The van der Waals surface area contributed by atoms with Crippen molar-refractivity contribution in [2.45, 2.75) is 5.41 Å². The minimum absolute atomic E-state index is 0.470. The van der Waals surface area contributed by atoms with Gasteiger partial charge in [-0.3, -0.25) is 0 Å². The SMILES string of the molecule is COc1cccc2c1-c1ccccc1C2(c1ccc(N)cc1)c1ccc(N)cc1. The van der Waals surface area contributed by atoms with Crippen molar-refractivity contribution >= 4 is 11.4 Å². The van der Waals surface area contributed by atoms with Crippen molar-refractivity contribution in [1.29, 1.82) is 0 Å². The maximum Gasteiger partial charge on any atom is 0.127 e. The van der Waals surface area contributed by atoms with E-state index in [1.165, 1.54) is 16.7 Å². The Labute approximate surface area is 170 Å². The molecule has 4 aromatic rings. The molecule has 0 saturated heterocycles. The van der Waals surface area contributed by atoms with Gasteiger partial charge in [0.25, 0.3) is 0 Å². The molecule has 4 aromatic carbocycles. The Kier molecular flexibility index (Phi) is 3.85. The fourth-order valence-corrected chi connectivity index (χ4v) is 4.72. The van der Waals surface area contributed by atoms with Crippen LogP contribution in [-0.2, 0) is 5.41 Å². The number of methoxy groups -OCH3 is 1. The van der Waals surface area contributed by atoms with Crippen LogP contribution in [0.3, 0.4) is 0 Å². The molecule has 0 atom stereocenters. The van der Waals surface area contributed by atoms with Crippen molar-refractivity contribution in [3.63, 3.8) is 0 Å². The molecule has 0 fully saturated rings. The second kappa shape index (κ2) is 6.42. The number of rotatable bonds is 3. The average Bonchev–Trinajstić information content (AvgIpc) is 3.06. The minimum atomic E-state index is -0.470. The first-order valence-corrected chi connectivity index (χ1v) is 9.65. The van der Waals surface area contributed by atoms with Gasteiger partial charge in [0, 0.05) is 16.9 Å². The lowest BCUT2D eigenvalue weighted by Gasteiger charge is -2.34. The first-order valence-electron chi connectivity index (χ1n) is 9.65. The zero-order valence-corrected chi connectivity index (χ0v) is 16.2. The highest BCUT2D eigenvalue weighted by Crippen LogP contribution is 2.58. The van der Waals surface area contributed by atoms with Crippen LogP contribution in [0.25, 0.3) is 11.1 Å². The molecule has 1 aliphatic carbocycles. The molecule has 1 aliphatic rings. The Hall–Kier alpha value is -3.72. The molecule has 3 heteroatoms. The van der Waals surface area contributed by atoms with Crippen LogP contribution in [0, 0.1) is 0 Å². The Morgan fingerprint density at radius 2 is 1.17 bits per heavy atom. The topological polar surface area (TPSA) is 61.3 Å². The van der Waals surface area contributed by atoms with Gasteiger partial charge in [0.1, 0.15) is 5.75 Å². The van der Waals surface area contributed by atoms with Gasteiger partial charge in [-0.05, 0) is 58.1 Å². The summed E-state index contributed by atoms with van der Waals surface area (Å²) in [5.41, 5.74) is 20.2. The highest BCUT2D eigenvalue weighted by Gasteiger charge is 2.47. The molecule has 0 radical (unpaired) electrons. The van der Waals surface area contributed by atoms with Crippen molar-refractivity contribution in [3.8, 4) is 16.9 Å². The summed E-state index contributed by atoms with van der Waals surface area (Å²) in [6.07, 6.45) is 0. The summed E-state index contributed by atoms with van der Waals surface area (Å²) in [4.78, 5) is 0. The van der Waals surface area contributed by atoms with E-state index in [0.717, 1.165) is 33.8 Å². The largest absolute Gasteiger partial charge is 0.496 e. The highest BCUT2D eigenvalue weighted by atomic mass is 16.5. The van der Waals surface area contributed by atoms with Gasteiger partial charge in [-0.15, -0.1) is 0 Å². The number of nitrogens with two attached hydrogens (primary N) is 2. The van der Waals surface area contributed by atoms with Crippen LogP contribution in [0.4, 0.5) is 11.4 Å². The Balaban J connectivity index is 1.96. The molecule has 0 unspecified atom stereocenters. The Morgan fingerprint density at radius 1 is 0.621 bits per heavy atom. The molecule has 0 aromatic heterocycles. The number of hydrogen-bond donors (Lipinski definition) is 2. The summed E-state index contributed by atoms with van der Waals surface area (Å²) in [7, 11) is 1.73. The Bertz CT molecular complexity index is 1150. The first-order chi connectivity index (χ1) is 14.2. The smallest absolute Gasteiger partial charge is 0.127 e. The zero-order chi connectivity index (χ0) is 20.0. The fraction of sp³-hybridized carbons (Fsp3) is 0.0769. The van der Waals surface area contributed by atoms with Crippen LogP contribution in [-0.4, -0.2) is 7.11 Å². The minimum Gasteiger partial charge on any atom is -0.496 e. The quantitative estimate of drug-likeness (QED) is 0.423. The van der Waals surface area contributed by atoms with E-state index < -0.39 is 5.41 Å². The molecule has 142 valence electrons. The lowest BCUT2D eigenvalue weighted by molar-refractivity contribution is 0.416. The van der Waals surface area contributed by atoms with Crippen molar-refractivity contribution < 1.29 is 4.74 Å². The maximum absolute atomic E-state index is 6.03. The van der Waals surface area contributed by atoms with Crippen molar-refractivity contribution in [2.24, 2.45) is 0 Å². The predicted molar refractivity (Wildman–Crippen MR) is 119 cm³/mol. The van der Waals surface area contributed by atoms with E-state index in [-0.39, 0.29) is 0 Å². The molecule has 29 heavy (non-hydrogen) atoms. The van der Waals surface area contributed by atoms with E-state index in [4.69, 9.17) is 16.2 Å². The van der Waals surface area contributed by atoms with Crippen LogP contribution in [0.2, 0.25) is 0 Å². The summed E-state index contributed by atoms with van der Waals surface area (Å²) in [6.45, 7) is 0. The van der Waals surface area contributed by atoms with Gasteiger partial charge < -0.3 is 16.2 Å². The fourth-order valence-electron chi connectivity index (χ4n) is 4.72. The highest BCUT2D eigenvalue weighted by molar-refractivity contribution is 5.89. The van der Waals surface area contributed by atoms with Crippen LogP contribution < -0.4 is 16.2 Å². The average molecular weight is 378 g/mol. The van der Waals surface area contributed by atoms with Crippen molar-refractivity contribution in [3.05, 3.63) is 113 Å². The maximum atomic E-state index is 6.03. The predicted octanol–water partition coefficient (Wildman–Crippen LogP) is 5.22. The summed E-state index contributed by atoms with van der Waals surface area (Å²) in [5, 5.41) is 0. The van der Waals surface area contributed by atoms with Crippen molar-refractivity contribution in [2.75, 3.05) is 18.6 Å². The number of hydrogen-bond acceptors (Lipinski definition) is 3. The first kappa shape index (κ1) is 17.4. The van der Waals surface area contributed by atoms with Gasteiger partial charge in [0.05, 0.1) is 12.5 Å². The third-order valence-corrected chi connectivity index (χ3v) is 5.94. The monoisotopic (exact) mass is 378 g/mol. The third kappa shape index (κ3) is 2.37. The van der Waals surface area contributed by atoms with Crippen LogP contribution in [0.15, 0.2) is 91.0 Å². The van der Waals surface area contributed by atoms with E-state index in [1.807, 2.05) is 30.3 Å². The van der Waals surface area contributed by atoms with Gasteiger partial charge in [0.15, 0.2) is 0 Å². The molecular weight excluding hydrogens is 356 g/mol. The third-order valence-electron chi connectivity index (χ3n) is 5.94.